The van der Waals surface area contributed by atoms with Crippen molar-refractivity contribution in [2.24, 2.45) is 5.73 Å². The second-order valence-electron chi connectivity index (χ2n) is 4.55. The monoisotopic (exact) mass is 248 g/mol. The first-order valence-electron chi connectivity index (χ1n) is 6.46. The molecule has 1 aromatic rings. The maximum Gasteiger partial charge on any atom is 0.246 e. The molecule has 98 valence electrons. The van der Waals surface area contributed by atoms with E-state index in [1.807, 2.05) is 12.1 Å². The van der Waals surface area contributed by atoms with Crippen LogP contribution in [0, 0.1) is 0 Å². The van der Waals surface area contributed by atoms with Crippen LogP contribution in [-0.4, -0.2) is 25.7 Å². The van der Waals surface area contributed by atoms with Crippen LogP contribution in [0.5, 0.6) is 0 Å². The SMILES string of the molecule is NCCOCC(=O)NC1CCCc2ccccc21. The largest absolute Gasteiger partial charge is 0.370 e. The fourth-order valence-corrected chi connectivity index (χ4v) is 2.39. The molecule has 0 heterocycles. The molecule has 0 spiro atoms. The molecule has 0 saturated carbocycles. The number of fused-ring (bicyclic) bond motifs is 1. The number of carbonyl (C=O) groups is 1. The fourth-order valence-electron chi connectivity index (χ4n) is 2.39. The number of amides is 1. The molecule has 4 heteroatoms. The van der Waals surface area contributed by atoms with Gasteiger partial charge in [0.05, 0.1) is 12.6 Å². The van der Waals surface area contributed by atoms with Crippen LogP contribution in [0.1, 0.15) is 30.0 Å². The summed E-state index contributed by atoms with van der Waals surface area (Å²) in [6.45, 7) is 0.962. The molecule has 0 radical (unpaired) electrons. The fraction of sp³-hybridized carbons (Fsp3) is 0.500. The van der Waals surface area contributed by atoms with Crippen molar-refractivity contribution in [3.05, 3.63) is 35.4 Å². The van der Waals surface area contributed by atoms with E-state index in [9.17, 15) is 4.79 Å². The lowest BCUT2D eigenvalue weighted by Crippen LogP contribution is -2.34. The number of ether oxygens (including phenoxy) is 1. The van der Waals surface area contributed by atoms with Crippen LogP contribution in [0.4, 0.5) is 0 Å². The average Bonchev–Trinajstić information content (AvgIpc) is 2.39. The first-order valence-corrected chi connectivity index (χ1v) is 6.46. The molecule has 1 aromatic carbocycles. The highest BCUT2D eigenvalue weighted by molar-refractivity contribution is 5.77. The van der Waals surface area contributed by atoms with E-state index in [-0.39, 0.29) is 18.6 Å². The van der Waals surface area contributed by atoms with Crippen LogP contribution >= 0.6 is 0 Å². The van der Waals surface area contributed by atoms with E-state index in [4.69, 9.17) is 10.5 Å². The van der Waals surface area contributed by atoms with E-state index < -0.39 is 0 Å². The Kier molecular flexibility index (Phi) is 4.73. The minimum absolute atomic E-state index is 0.0647. The van der Waals surface area contributed by atoms with Crippen LogP contribution in [0.25, 0.3) is 0 Å². The van der Waals surface area contributed by atoms with E-state index in [1.54, 1.807) is 0 Å². The molecule has 0 aromatic heterocycles. The van der Waals surface area contributed by atoms with Gasteiger partial charge in [0.2, 0.25) is 5.91 Å². The second-order valence-corrected chi connectivity index (χ2v) is 4.55. The predicted molar refractivity (Wildman–Crippen MR) is 70.1 cm³/mol. The number of benzene rings is 1. The van der Waals surface area contributed by atoms with Crippen LogP contribution in [0.15, 0.2) is 24.3 Å². The Morgan fingerprint density at radius 2 is 2.28 bits per heavy atom. The van der Waals surface area contributed by atoms with Crippen molar-refractivity contribution in [3.8, 4) is 0 Å². The predicted octanol–water partition coefficient (Wildman–Crippen LogP) is 1.16. The summed E-state index contributed by atoms with van der Waals surface area (Å²) in [6, 6.07) is 8.43. The number of nitrogens with two attached hydrogens (primary N) is 1. The number of nitrogens with one attached hydrogen (secondary N) is 1. The minimum Gasteiger partial charge on any atom is -0.370 e. The molecule has 0 fully saturated rings. The van der Waals surface area contributed by atoms with Gasteiger partial charge >= 0.3 is 0 Å². The van der Waals surface area contributed by atoms with Gasteiger partial charge in [0.25, 0.3) is 0 Å². The summed E-state index contributed by atoms with van der Waals surface area (Å²) in [5, 5.41) is 3.03. The van der Waals surface area contributed by atoms with Gasteiger partial charge in [-0.1, -0.05) is 24.3 Å². The van der Waals surface area contributed by atoms with Gasteiger partial charge in [0.1, 0.15) is 6.61 Å². The number of rotatable bonds is 5. The Morgan fingerprint density at radius 1 is 1.44 bits per heavy atom. The van der Waals surface area contributed by atoms with E-state index in [0.29, 0.717) is 13.2 Å². The second kappa shape index (κ2) is 6.52. The zero-order valence-corrected chi connectivity index (χ0v) is 10.5. The van der Waals surface area contributed by atoms with Crippen molar-refractivity contribution in [1.82, 2.24) is 5.32 Å². The smallest absolute Gasteiger partial charge is 0.246 e. The molecule has 1 aliphatic carbocycles. The molecule has 0 aliphatic heterocycles. The van der Waals surface area contributed by atoms with Crippen LogP contribution < -0.4 is 11.1 Å². The Labute approximate surface area is 108 Å². The summed E-state index contributed by atoms with van der Waals surface area (Å²) < 4.78 is 5.14. The van der Waals surface area contributed by atoms with Gasteiger partial charge in [0.15, 0.2) is 0 Å². The summed E-state index contributed by atoms with van der Waals surface area (Å²) in [5.41, 5.74) is 7.90. The van der Waals surface area contributed by atoms with Crippen molar-refractivity contribution in [1.29, 1.82) is 0 Å². The van der Waals surface area contributed by atoms with Crippen molar-refractivity contribution >= 4 is 5.91 Å². The van der Waals surface area contributed by atoms with Gasteiger partial charge in [-0.2, -0.15) is 0 Å². The zero-order chi connectivity index (χ0) is 12.8. The van der Waals surface area contributed by atoms with Gasteiger partial charge in [-0.15, -0.1) is 0 Å². The third kappa shape index (κ3) is 3.31. The van der Waals surface area contributed by atoms with E-state index in [1.165, 1.54) is 11.1 Å². The van der Waals surface area contributed by atoms with E-state index >= 15 is 0 Å². The number of carbonyl (C=O) groups excluding carboxylic acids is 1. The number of hydrogen-bond acceptors (Lipinski definition) is 3. The Morgan fingerprint density at radius 3 is 3.11 bits per heavy atom. The molecule has 1 atom stereocenters. The average molecular weight is 248 g/mol. The molecule has 1 aliphatic rings. The van der Waals surface area contributed by atoms with Crippen LogP contribution in [-0.2, 0) is 16.0 Å². The topological polar surface area (TPSA) is 64.3 Å². The van der Waals surface area contributed by atoms with Crippen molar-refractivity contribution in [3.63, 3.8) is 0 Å². The summed E-state index contributed by atoms with van der Waals surface area (Å²) in [4.78, 5) is 11.7. The maximum absolute atomic E-state index is 11.7. The molecule has 1 amide bonds. The van der Waals surface area contributed by atoms with Crippen molar-refractivity contribution in [2.45, 2.75) is 25.3 Å². The molecule has 18 heavy (non-hydrogen) atoms. The van der Waals surface area contributed by atoms with E-state index in [0.717, 1.165) is 19.3 Å². The highest BCUT2D eigenvalue weighted by atomic mass is 16.5. The minimum atomic E-state index is -0.0647. The molecule has 1 unspecified atom stereocenters. The molecule has 0 bridgehead atoms. The van der Waals surface area contributed by atoms with Gasteiger partial charge in [0, 0.05) is 6.54 Å². The molecular weight excluding hydrogens is 228 g/mol. The lowest BCUT2D eigenvalue weighted by molar-refractivity contribution is -0.126. The van der Waals surface area contributed by atoms with Gasteiger partial charge < -0.3 is 15.8 Å². The molecule has 0 saturated heterocycles. The summed E-state index contributed by atoms with van der Waals surface area (Å²) in [5.74, 6) is -0.0647. The van der Waals surface area contributed by atoms with Gasteiger partial charge in [-0.25, -0.2) is 0 Å². The number of aryl methyl sites for hydroxylation is 1. The third-order valence-corrected chi connectivity index (χ3v) is 3.20. The standard InChI is InChI=1S/C14H20N2O2/c15-8-9-18-10-14(17)16-13-7-3-5-11-4-1-2-6-12(11)13/h1-2,4,6,13H,3,5,7-10,15H2,(H,16,17). The first-order chi connectivity index (χ1) is 8.81. The highest BCUT2D eigenvalue weighted by Gasteiger charge is 2.20. The lowest BCUT2D eigenvalue weighted by atomic mass is 9.88. The Bertz CT molecular complexity index is 407. The Hall–Kier alpha value is -1.39. The normalized spacial score (nSPS) is 18.2. The maximum atomic E-state index is 11.7. The quantitative estimate of drug-likeness (QED) is 0.768. The highest BCUT2D eigenvalue weighted by Crippen LogP contribution is 2.29. The van der Waals surface area contributed by atoms with E-state index in [2.05, 4.69) is 17.4 Å². The van der Waals surface area contributed by atoms with Crippen molar-refractivity contribution < 1.29 is 9.53 Å². The summed E-state index contributed by atoms with van der Waals surface area (Å²) in [6.07, 6.45) is 3.22. The first kappa shape index (κ1) is 13.1. The Balaban J connectivity index is 1.92. The molecule has 3 N–H and O–H groups in total. The van der Waals surface area contributed by atoms with Gasteiger partial charge in [-0.05, 0) is 30.4 Å². The van der Waals surface area contributed by atoms with Crippen LogP contribution in [0.2, 0.25) is 0 Å². The summed E-state index contributed by atoms with van der Waals surface area (Å²) in [7, 11) is 0. The third-order valence-electron chi connectivity index (χ3n) is 3.20. The molecular formula is C14H20N2O2. The zero-order valence-electron chi connectivity index (χ0n) is 10.5. The van der Waals surface area contributed by atoms with Crippen LogP contribution in [0.3, 0.4) is 0 Å². The van der Waals surface area contributed by atoms with Gasteiger partial charge in [-0.3, -0.25) is 4.79 Å². The molecule has 4 nitrogen and oxygen atoms in total. The summed E-state index contributed by atoms with van der Waals surface area (Å²) >= 11 is 0. The molecule has 2 rings (SSSR count). The number of hydrogen-bond donors (Lipinski definition) is 2. The lowest BCUT2D eigenvalue weighted by Gasteiger charge is -2.26. The van der Waals surface area contributed by atoms with Crippen molar-refractivity contribution in [2.75, 3.05) is 19.8 Å².